The van der Waals surface area contributed by atoms with Gasteiger partial charge in [0, 0.05) is 41.4 Å². The minimum Gasteiger partial charge on any atom is -0.478 e. The van der Waals surface area contributed by atoms with Crippen LogP contribution >= 0.6 is 11.3 Å². The van der Waals surface area contributed by atoms with E-state index < -0.39 is 12.1 Å². The Morgan fingerprint density at radius 2 is 1.96 bits per heavy atom. The van der Waals surface area contributed by atoms with Crippen LogP contribution in [0.2, 0.25) is 0 Å². The minimum absolute atomic E-state index is 0.654. The Balaban J connectivity index is 0.000000345. The second kappa shape index (κ2) is 9.83. The third-order valence-corrected chi connectivity index (χ3v) is 5.02. The fourth-order valence-corrected chi connectivity index (χ4v) is 3.69. The number of thiophene rings is 1. The first-order valence-corrected chi connectivity index (χ1v) is 9.55. The van der Waals surface area contributed by atoms with Crippen molar-refractivity contribution >= 4 is 17.3 Å². The van der Waals surface area contributed by atoms with Crippen molar-refractivity contribution in [2.24, 2.45) is 0 Å². The summed E-state index contributed by atoms with van der Waals surface area (Å²) in [6.45, 7) is 7.93. The lowest BCUT2D eigenvalue weighted by Gasteiger charge is -2.18. The van der Waals surface area contributed by atoms with E-state index in [-0.39, 0.29) is 0 Å². The van der Waals surface area contributed by atoms with Gasteiger partial charge in [0.2, 0.25) is 5.88 Å². The largest absolute Gasteiger partial charge is 0.490 e. The van der Waals surface area contributed by atoms with E-state index in [9.17, 15) is 13.2 Å². The molecule has 0 atom stereocenters. The van der Waals surface area contributed by atoms with Gasteiger partial charge in [0.1, 0.15) is 6.33 Å². The van der Waals surface area contributed by atoms with Crippen LogP contribution in [-0.2, 0) is 24.2 Å². The Morgan fingerprint density at radius 1 is 1.29 bits per heavy atom. The van der Waals surface area contributed by atoms with Crippen LogP contribution < -0.4 is 4.74 Å². The van der Waals surface area contributed by atoms with Crippen LogP contribution in [-0.4, -0.2) is 51.8 Å². The van der Waals surface area contributed by atoms with Gasteiger partial charge in [0.25, 0.3) is 0 Å². The summed E-state index contributed by atoms with van der Waals surface area (Å²) < 4.78 is 37.4. The zero-order chi connectivity index (χ0) is 20.7. The van der Waals surface area contributed by atoms with Crippen LogP contribution in [0.3, 0.4) is 0 Å². The number of fused-ring (bicyclic) bond motifs is 1. The van der Waals surface area contributed by atoms with E-state index in [2.05, 4.69) is 33.9 Å². The molecule has 0 aliphatic carbocycles. The lowest BCUT2D eigenvalue weighted by Crippen LogP contribution is -2.25. The molecule has 154 valence electrons. The maximum Gasteiger partial charge on any atom is 0.490 e. The Morgan fingerprint density at radius 3 is 2.54 bits per heavy atom. The first-order chi connectivity index (χ1) is 13.2. The van der Waals surface area contributed by atoms with E-state index in [1.807, 2.05) is 18.3 Å². The zero-order valence-corrected chi connectivity index (χ0v) is 16.4. The van der Waals surface area contributed by atoms with Crippen molar-refractivity contribution in [1.29, 1.82) is 0 Å². The number of aryl methyl sites for hydroxylation is 1. The number of ether oxygens (including phenoxy) is 1. The Kier molecular flexibility index (Phi) is 7.76. The van der Waals surface area contributed by atoms with E-state index >= 15 is 0 Å². The molecule has 0 fully saturated rings. The standard InChI is InChI=1S/C16H21N3OS.C2HF3O2/c1-3-20-16-14-6-8-19(9-7-15(14)17-11-18-16)10-13-5-4-12(2)21-13;3-2(4,5)1(6)7/h4-5,11H,3,6-10H2,1-2H3;(H,6,7). The summed E-state index contributed by atoms with van der Waals surface area (Å²) in [5.41, 5.74) is 2.35. The highest BCUT2D eigenvalue weighted by atomic mass is 32.1. The lowest BCUT2D eigenvalue weighted by atomic mass is 10.1. The van der Waals surface area contributed by atoms with Gasteiger partial charge in [0.05, 0.1) is 12.3 Å². The number of aliphatic carboxylic acids is 1. The van der Waals surface area contributed by atoms with Crippen molar-refractivity contribution in [2.45, 2.75) is 39.4 Å². The highest BCUT2D eigenvalue weighted by Crippen LogP contribution is 2.24. The molecule has 6 nitrogen and oxygen atoms in total. The van der Waals surface area contributed by atoms with Gasteiger partial charge in [0.15, 0.2) is 0 Å². The van der Waals surface area contributed by atoms with Gasteiger partial charge in [-0.05, 0) is 32.4 Å². The number of alkyl halides is 3. The molecule has 0 saturated carbocycles. The maximum atomic E-state index is 10.6. The number of hydrogen-bond donors (Lipinski definition) is 1. The van der Waals surface area contributed by atoms with E-state index in [4.69, 9.17) is 14.6 Å². The molecular weight excluding hydrogens is 395 g/mol. The van der Waals surface area contributed by atoms with Crippen molar-refractivity contribution in [3.63, 3.8) is 0 Å². The van der Waals surface area contributed by atoms with Crippen LogP contribution in [0.25, 0.3) is 0 Å². The van der Waals surface area contributed by atoms with Crippen molar-refractivity contribution < 1.29 is 27.8 Å². The average molecular weight is 417 g/mol. The van der Waals surface area contributed by atoms with Crippen molar-refractivity contribution in [3.05, 3.63) is 39.5 Å². The molecule has 0 bridgehead atoms. The maximum absolute atomic E-state index is 10.6. The molecule has 0 unspecified atom stereocenters. The molecule has 1 N–H and O–H groups in total. The Hall–Kier alpha value is -2.20. The smallest absolute Gasteiger partial charge is 0.478 e. The molecule has 0 aromatic carbocycles. The number of nitrogens with zero attached hydrogens (tertiary/aromatic N) is 3. The van der Waals surface area contributed by atoms with Crippen LogP contribution in [0.1, 0.15) is 27.9 Å². The second-order valence-electron chi connectivity index (χ2n) is 6.13. The summed E-state index contributed by atoms with van der Waals surface area (Å²) in [7, 11) is 0. The lowest BCUT2D eigenvalue weighted by molar-refractivity contribution is -0.192. The number of rotatable bonds is 4. The molecule has 0 saturated heterocycles. The number of hydrogen-bond acceptors (Lipinski definition) is 6. The van der Waals surface area contributed by atoms with Gasteiger partial charge >= 0.3 is 12.1 Å². The van der Waals surface area contributed by atoms with Gasteiger partial charge in [-0.1, -0.05) is 0 Å². The molecule has 2 aromatic rings. The molecule has 3 heterocycles. The van der Waals surface area contributed by atoms with Crippen LogP contribution in [0.5, 0.6) is 5.88 Å². The molecule has 3 rings (SSSR count). The SMILES string of the molecule is CCOc1ncnc2c1CCN(Cc1ccc(C)s1)CC2.O=C(O)C(F)(F)F. The number of halogens is 3. The van der Waals surface area contributed by atoms with Gasteiger partial charge in [-0.2, -0.15) is 13.2 Å². The third-order valence-electron chi connectivity index (χ3n) is 4.04. The first-order valence-electron chi connectivity index (χ1n) is 8.74. The number of carbonyl (C=O) groups is 1. The molecular formula is C18H22F3N3O3S. The molecule has 10 heteroatoms. The molecule has 0 radical (unpaired) electrons. The van der Waals surface area contributed by atoms with Crippen molar-refractivity contribution in [1.82, 2.24) is 14.9 Å². The Bertz CT molecular complexity index is 796. The van der Waals surface area contributed by atoms with Gasteiger partial charge < -0.3 is 9.84 Å². The average Bonchev–Trinajstić information content (AvgIpc) is 2.91. The van der Waals surface area contributed by atoms with Crippen molar-refractivity contribution in [3.8, 4) is 5.88 Å². The Labute approximate surface area is 165 Å². The van der Waals surface area contributed by atoms with Gasteiger partial charge in [-0.3, -0.25) is 4.90 Å². The monoisotopic (exact) mass is 417 g/mol. The summed E-state index contributed by atoms with van der Waals surface area (Å²) in [5.74, 6) is -1.98. The highest BCUT2D eigenvalue weighted by molar-refractivity contribution is 7.11. The highest BCUT2D eigenvalue weighted by Gasteiger charge is 2.38. The van der Waals surface area contributed by atoms with E-state index in [0.717, 1.165) is 44.0 Å². The van der Waals surface area contributed by atoms with E-state index in [1.54, 1.807) is 6.33 Å². The summed E-state index contributed by atoms with van der Waals surface area (Å²) in [6, 6.07) is 4.44. The minimum atomic E-state index is -5.08. The van der Waals surface area contributed by atoms with E-state index in [1.165, 1.54) is 15.3 Å². The quantitative estimate of drug-likeness (QED) is 0.821. The fourth-order valence-electron chi connectivity index (χ4n) is 2.75. The topological polar surface area (TPSA) is 75.6 Å². The summed E-state index contributed by atoms with van der Waals surface area (Å²) in [5, 5.41) is 7.12. The normalized spacial score (nSPS) is 14.5. The summed E-state index contributed by atoms with van der Waals surface area (Å²) in [6.07, 6.45) is -1.51. The molecule has 0 spiro atoms. The molecule has 0 amide bonds. The van der Waals surface area contributed by atoms with Crippen molar-refractivity contribution in [2.75, 3.05) is 19.7 Å². The predicted octanol–water partition coefficient (Wildman–Crippen LogP) is 3.48. The van der Waals surface area contributed by atoms with Crippen LogP contribution in [0.4, 0.5) is 13.2 Å². The first kappa shape index (κ1) is 22.1. The predicted molar refractivity (Wildman–Crippen MR) is 98.6 cm³/mol. The van der Waals surface area contributed by atoms with Gasteiger partial charge in [-0.15, -0.1) is 11.3 Å². The van der Waals surface area contributed by atoms with E-state index in [0.29, 0.717) is 6.61 Å². The zero-order valence-electron chi connectivity index (χ0n) is 15.6. The van der Waals surface area contributed by atoms with Crippen LogP contribution in [0.15, 0.2) is 18.5 Å². The van der Waals surface area contributed by atoms with Gasteiger partial charge in [-0.25, -0.2) is 14.8 Å². The number of aromatic nitrogens is 2. The molecule has 1 aliphatic heterocycles. The summed E-state index contributed by atoms with van der Waals surface area (Å²) >= 11 is 1.89. The molecule has 2 aromatic heterocycles. The van der Waals surface area contributed by atoms with Crippen LogP contribution in [0, 0.1) is 6.92 Å². The number of carboxylic acids is 1. The summed E-state index contributed by atoms with van der Waals surface area (Å²) in [4.78, 5) is 23.0. The fraction of sp³-hybridized carbons (Fsp3) is 0.500. The molecule has 1 aliphatic rings. The molecule has 28 heavy (non-hydrogen) atoms. The third kappa shape index (κ3) is 6.45. The second-order valence-corrected chi connectivity index (χ2v) is 7.50. The number of carboxylic acid groups (broad SMARTS) is 1.